The molecule has 3 aromatic rings. The monoisotopic (exact) mass is 311 g/mol. The molecule has 0 spiro atoms. The van der Waals surface area contributed by atoms with Crippen LogP contribution in [0.15, 0.2) is 22.8 Å². The molecule has 108 valence electrons. The van der Waals surface area contributed by atoms with E-state index in [2.05, 4.69) is 11.2 Å². The van der Waals surface area contributed by atoms with Crippen molar-refractivity contribution in [3.05, 3.63) is 34.3 Å². The molecule has 0 saturated carbocycles. The Bertz CT molecular complexity index is 1010. The van der Waals surface area contributed by atoms with E-state index < -0.39 is 0 Å². The van der Waals surface area contributed by atoms with Crippen molar-refractivity contribution >= 4 is 23.7 Å². The summed E-state index contributed by atoms with van der Waals surface area (Å²) in [5.41, 5.74) is 7.44. The Morgan fingerprint density at radius 3 is 2.68 bits per heavy atom. The molecule has 0 aliphatic rings. The van der Waals surface area contributed by atoms with Crippen LogP contribution in [0.5, 0.6) is 0 Å². The van der Waals surface area contributed by atoms with Crippen molar-refractivity contribution in [2.45, 2.75) is 13.5 Å². The van der Waals surface area contributed by atoms with E-state index >= 15 is 0 Å². The maximum atomic E-state index is 9.64. The molecule has 3 aromatic heterocycles. The minimum atomic E-state index is 0.170. The number of aromatic amines is 1. The lowest BCUT2D eigenvalue weighted by atomic mass is 10.0. The van der Waals surface area contributed by atoms with Crippen molar-refractivity contribution in [1.82, 2.24) is 9.61 Å². The average molecular weight is 311 g/mol. The summed E-state index contributed by atoms with van der Waals surface area (Å²) in [4.78, 5) is 0. The highest BCUT2D eigenvalue weighted by atomic mass is 32.1. The van der Waals surface area contributed by atoms with Crippen LogP contribution in [0.2, 0.25) is 0 Å². The third-order valence-electron chi connectivity index (χ3n) is 3.45. The molecule has 0 atom stereocenters. The molecule has 22 heavy (non-hydrogen) atoms. The van der Waals surface area contributed by atoms with Gasteiger partial charge < -0.3 is 10.2 Å². The number of hydrogen-bond donors (Lipinski definition) is 2. The highest BCUT2D eigenvalue weighted by Gasteiger charge is 2.28. The van der Waals surface area contributed by atoms with Gasteiger partial charge >= 0.3 is 4.77 Å². The summed E-state index contributed by atoms with van der Waals surface area (Å²) >= 11 is 5.26. The Labute approximate surface area is 130 Å². The number of hydrogen-bond acceptors (Lipinski definition) is 5. The summed E-state index contributed by atoms with van der Waals surface area (Å²) in [5, 5.41) is 22.0. The van der Waals surface area contributed by atoms with Gasteiger partial charge in [0.05, 0.1) is 18.4 Å². The Hall–Kier alpha value is -3.10. The van der Waals surface area contributed by atoms with E-state index in [1.54, 1.807) is 16.7 Å². The molecule has 3 N–H and O–H groups in total. The first-order valence-electron chi connectivity index (χ1n) is 6.48. The summed E-state index contributed by atoms with van der Waals surface area (Å²) in [6.07, 6.45) is 1.48. The van der Waals surface area contributed by atoms with Crippen LogP contribution in [0, 0.1) is 27.4 Å². The molecule has 0 amide bonds. The third kappa shape index (κ3) is 1.72. The Morgan fingerprint density at radius 1 is 1.41 bits per heavy atom. The van der Waals surface area contributed by atoms with Gasteiger partial charge in [-0.05, 0) is 31.3 Å². The third-order valence-corrected chi connectivity index (χ3v) is 3.76. The van der Waals surface area contributed by atoms with Crippen LogP contribution >= 0.6 is 12.2 Å². The molecular weight excluding hydrogens is 300 g/mol. The second-order valence-electron chi connectivity index (χ2n) is 4.53. The van der Waals surface area contributed by atoms with Crippen molar-refractivity contribution in [1.29, 1.82) is 10.5 Å². The number of pyridine rings is 1. The van der Waals surface area contributed by atoms with E-state index in [0.717, 1.165) is 0 Å². The molecular formula is C14H11N6OS+. The van der Waals surface area contributed by atoms with Gasteiger partial charge in [-0.3, -0.25) is 0 Å². The van der Waals surface area contributed by atoms with E-state index in [1.165, 1.54) is 10.8 Å². The second-order valence-corrected chi connectivity index (χ2v) is 4.92. The number of nitrogen functional groups attached to an aromatic ring is 1. The van der Waals surface area contributed by atoms with E-state index in [-0.39, 0.29) is 16.9 Å². The molecule has 8 heteroatoms. The van der Waals surface area contributed by atoms with E-state index in [9.17, 15) is 10.5 Å². The summed E-state index contributed by atoms with van der Waals surface area (Å²) in [6.45, 7) is 2.47. The maximum absolute atomic E-state index is 9.64. The Kier molecular flexibility index (Phi) is 3.17. The predicted octanol–water partition coefficient (Wildman–Crippen LogP) is 1.89. The summed E-state index contributed by atoms with van der Waals surface area (Å²) in [6, 6.07) is 7.56. The van der Waals surface area contributed by atoms with E-state index in [4.69, 9.17) is 22.4 Å². The number of anilines is 1. The highest BCUT2D eigenvalue weighted by Crippen LogP contribution is 2.32. The predicted molar refractivity (Wildman–Crippen MR) is 80.0 cm³/mol. The molecule has 0 aliphatic carbocycles. The molecule has 0 unspecified atom stereocenters. The van der Waals surface area contributed by atoms with Crippen molar-refractivity contribution in [3.8, 4) is 23.5 Å². The molecule has 0 aliphatic heterocycles. The molecule has 3 rings (SSSR count). The number of aromatic nitrogens is 3. The van der Waals surface area contributed by atoms with Gasteiger partial charge in [0.1, 0.15) is 29.0 Å². The second kappa shape index (κ2) is 5.02. The number of H-pyrrole nitrogens is 1. The summed E-state index contributed by atoms with van der Waals surface area (Å²) in [5.74, 6) is 0.596. The number of nitrogens with two attached hydrogens (primary N) is 1. The first kappa shape index (κ1) is 13.9. The van der Waals surface area contributed by atoms with Crippen LogP contribution in [0.3, 0.4) is 0 Å². The quantitative estimate of drug-likeness (QED) is 0.554. The number of rotatable bonds is 2. The fraction of sp³-hybridized carbons (Fsp3) is 0.143. The largest absolute Gasteiger partial charge is 0.464 e. The van der Waals surface area contributed by atoms with Crippen LogP contribution in [0.25, 0.3) is 17.0 Å². The Morgan fingerprint density at radius 2 is 2.14 bits per heavy atom. The molecule has 7 nitrogen and oxygen atoms in total. The lowest BCUT2D eigenvalue weighted by Crippen LogP contribution is -2.33. The molecule has 3 heterocycles. The van der Waals surface area contributed by atoms with Gasteiger partial charge in [0.2, 0.25) is 5.82 Å². The van der Waals surface area contributed by atoms with Gasteiger partial charge in [-0.1, -0.05) is 4.52 Å². The minimum Gasteiger partial charge on any atom is -0.464 e. The fourth-order valence-electron chi connectivity index (χ4n) is 2.50. The number of nitrogens with one attached hydrogen (secondary N) is 1. The van der Waals surface area contributed by atoms with Gasteiger partial charge in [0, 0.05) is 0 Å². The first-order valence-corrected chi connectivity index (χ1v) is 6.88. The van der Waals surface area contributed by atoms with Crippen LogP contribution in [-0.2, 0) is 6.54 Å². The SMILES string of the molecule is CC[n+]1c(=S)[nH]n2c(N)c(C#N)c(-c3ccco3)c(C#N)c21. The smallest absolute Gasteiger partial charge is 0.324 e. The van der Waals surface area contributed by atoms with Crippen LogP contribution in [0.1, 0.15) is 18.1 Å². The van der Waals surface area contributed by atoms with E-state index in [1.807, 2.05) is 13.0 Å². The molecule has 0 fully saturated rings. The molecule has 0 radical (unpaired) electrons. The van der Waals surface area contributed by atoms with Crippen molar-refractivity contribution in [2.75, 3.05) is 5.73 Å². The normalized spacial score (nSPS) is 10.5. The van der Waals surface area contributed by atoms with Crippen molar-refractivity contribution < 1.29 is 8.98 Å². The minimum absolute atomic E-state index is 0.170. The zero-order chi connectivity index (χ0) is 15.9. The first-order chi connectivity index (χ1) is 10.6. The number of nitriles is 2. The van der Waals surface area contributed by atoms with E-state index in [0.29, 0.717) is 28.3 Å². The van der Waals surface area contributed by atoms with Gasteiger partial charge in [-0.15, -0.1) is 5.10 Å². The number of nitrogens with zero attached hydrogens (tertiary/aromatic N) is 4. The fourth-order valence-corrected chi connectivity index (χ4v) is 2.81. The number of aryl methyl sites for hydroxylation is 1. The average Bonchev–Trinajstić information content (AvgIpc) is 3.14. The highest BCUT2D eigenvalue weighted by molar-refractivity contribution is 7.71. The molecule has 0 aromatic carbocycles. The maximum Gasteiger partial charge on any atom is 0.324 e. The summed E-state index contributed by atoms with van der Waals surface area (Å²) < 4.78 is 9.01. The van der Waals surface area contributed by atoms with Crippen LogP contribution in [-0.4, -0.2) is 9.61 Å². The standard InChI is InChI=1S/C14H10N6OS/c1-2-19-13-9(7-16)11(10-4-3-5-21-10)8(6-15)12(17)20(13)18-14(19)22/h3-5,17H,2H2,1H3,(H,18,22)/p+1. The van der Waals surface area contributed by atoms with Crippen LogP contribution in [0.4, 0.5) is 5.82 Å². The summed E-state index contributed by atoms with van der Waals surface area (Å²) in [7, 11) is 0. The number of furan rings is 1. The lowest BCUT2D eigenvalue weighted by Gasteiger charge is -2.06. The van der Waals surface area contributed by atoms with Crippen molar-refractivity contribution in [2.24, 2.45) is 0 Å². The molecule has 0 bridgehead atoms. The lowest BCUT2D eigenvalue weighted by molar-refractivity contribution is -0.675. The zero-order valence-electron chi connectivity index (χ0n) is 11.6. The van der Waals surface area contributed by atoms with Gasteiger partial charge in [-0.2, -0.15) is 10.5 Å². The van der Waals surface area contributed by atoms with Crippen LogP contribution < -0.4 is 10.3 Å². The topological polar surface area (TPSA) is 111 Å². The van der Waals surface area contributed by atoms with Gasteiger partial charge in [0.25, 0.3) is 5.65 Å². The molecule has 0 saturated heterocycles. The number of fused-ring (bicyclic) bond motifs is 1. The van der Waals surface area contributed by atoms with Gasteiger partial charge in [0.15, 0.2) is 0 Å². The Balaban J connectivity index is 2.63. The van der Waals surface area contributed by atoms with Crippen molar-refractivity contribution in [3.63, 3.8) is 0 Å². The zero-order valence-corrected chi connectivity index (χ0v) is 12.4. The van der Waals surface area contributed by atoms with Gasteiger partial charge in [-0.25, -0.2) is 4.57 Å².